The van der Waals surface area contributed by atoms with E-state index in [1.807, 2.05) is 73.7 Å². The van der Waals surface area contributed by atoms with E-state index in [1.165, 1.54) is 5.56 Å². The highest BCUT2D eigenvalue weighted by molar-refractivity contribution is 7.18. The Bertz CT molecular complexity index is 1600. The van der Waals surface area contributed by atoms with E-state index in [0.717, 1.165) is 49.7 Å². The Morgan fingerprint density at radius 3 is 2.70 bits per heavy atom. The van der Waals surface area contributed by atoms with E-state index in [0.29, 0.717) is 6.54 Å². The first kappa shape index (κ1) is 24.3. The van der Waals surface area contributed by atoms with Crippen molar-refractivity contribution in [3.05, 3.63) is 121 Å². The van der Waals surface area contributed by atoms with Crippen molar-refractivity contribution in [3.8, 4) is 10.6 Å². The summed E-state index contributed by atoms with van der Waals surface area (Å²) < 4.78 is 4.23. The molecule has 0 saturated carbocycles. The van der Waals surface area contributed by atoms with Crippen LogP contribution in [0.1, 0.15) is 25.1 Å². The second-order valence-electron chi connectivity index (χ2n) is 8.86. The van der Waals surface area contributed by atoms with Gasteiger partial charge >= 0.3 is 0 Å². The molecule has 0 amide bonds. The molecular weight excluding hydrogens is 478 g/mol. The zero-order valence-electron chi connectivity index (χ0n) is 21.1. The number of hydrogen-bond donors (Lipinski definition) is 2. The van der Waals surface area contributed by atoms with Gasteiger partial charge in [-0.25, -0.2) is 15.0 Å². The van der Waals surface area contributed by atoms with Crippen molar-refractivity contribution >= 4 is 27.8 Å². The molecule has 0 spiro atoms. The molecule has 5 rings (SSSR count). The molecule has 0 aliphatic carbocycles. The lowest BCUT2D eigenvalue weighted by Gasteiger charge is -2.12. The van der Waals surface area contributed by atoms with Gasteiger partial charge in [-0.2, -0.15) is 0 Å². The van der Waals surface area contributed by atoms with Gasteiger partial charge in [-0.1, -0.05) is 48.3 Å². The number of nitrogens with zero attached hydrogens (tertiary/aromatic N) is 5. The van der Waals surface area contributed by atoms with Crippen LogP contribution in [0, 0.1) is 6.92 Å². The summed E-state index contributed by atoms with van der Waals surface area (Å²) in [5.41, 5.74) is 8.22. The van der Waals surface area contributed by atoms with Gasteiger partial charge in [0, 0.05) is 41.4 Å². The van der Waals surface area contributed by atoms with Crippen molar-refractivity contribution in [3.63, 3.8) is 0 Å². The van der Waals surface area contributed by atoms with Crippen molar-refractivity contribution in [2.75, 3.05) is 10.6 Å². The lowest BCUT2D eigenvalue weighted by atomic mass is 10.1. The fraction of sp³-hybridized carbons (Fsp3) is 0.138. The maximum absolute atomic E-state index is 4.62. The number of imidazole rings is 2. The predicted molar refractivity (Wildman–Crippen MR) is 153 cm³/mol. The minimum Gasteiger partial charge on any atom is -0.356 e. The van der Waals surface area contributed by atoms with Crippen LogP contribution in [0.2, 0.25) is 0 Å². The molecule has 0 aliphatic heterocycles. The summed E-state index contributed by atoms with van der Waals surface area (Å²) in [5, 5.41) is 7.63. The van der Waals surface area contributed by atoms with Gasteiger partial charge in [-0.15, -0.1) is 0 Å². The van der Waals surface area contributed by atoms with Crippen LogP contribution in [-0.4, -0.2) is 23.9 Å². The van der Waals surface area contributed by atoms with Crippen LogP contribution in [0.5, 0.6) is 0 Å². The number of rotatable bonds is 9. The normalized spacial score (nSPS) is 12.2. The summed E-state index contributed by atoms with van der Waals surface area (Å²) in [6, 6.07) is 14.4. The Labute approximate surface area is 220 Å². The van der Waals surface area contributed by atoms with Crippen LogP contribution >= 0.6 is 11.3 Å². The first-order valence-electron chi connectivity index (χ1n) is 12.0. The number of allylic oxidation sites excluding steroid dienone is 4. The van der Waals surface area contributed by atoms with E-state index in [4.69, 9.17) is 0 Å². The van der Waals surface area contributed by atoms with Crippen molar-refractivity contribution in [1.82, 2.24) is 23.9 Å². The number of nitrogens with one attached hydrogen (secondary N) is 2. The SMILES string of the molecule is C=C(Nc1ccccc1C)/C(C)=C/C=C(\C)Nc1ncc(-c2cnc3cccc(Cn4ccnc4)n23)s1. The molecule has 0 aliphatic rings. The molecule has 0 saturated heterocycles. The molecule has 4 heterocycles. The molecule has 186 valence electrons. The summed E-state index contributed by atoms with van der Waals surface area (Å²) in [6.07, 6.45) is 13.5. The van der Waals surface area contributed by atoms with Gasteiger partial charge in [-0.3, -0.25) is 4.40 Å². The lowest BCUT2D eigenvalue weighted by molar-refractivity contribution is 0.762. The number of fused-ring (bicyclic) bond motifs is 1. The Balaban J connectivity index is 1.30. The first-order valence-corrected chi connectivity index (χ1v) is 12.8. The molecule has 0 bridgehead atoms. The maximum atomic E-state index is 4.62. The quantitative estimate of drug-likeness (QED) is 0.212. The molecule has 0 fully saturated rings. The molecule has 1 aromatic carbocycles. The first-order chi connectivity index (χ1) is 18.0. The van der Waals surface area contributed by atoms with Crippen LogP contribution in [0.25, 0.3) is 16.2 Å². The molecule has 0 unspecified atom stereocenters. The van der Waals surface area contributed by atoms with E-state index >= 15 is 0 Å². The monoisotopic (exact) mass is 507 g/mol. The number of anilines is 2. The summed E-state index contributed by atoms with van der Waals surface area (Å²) in [4.78, 5) is 14.4. The second-order valence-corrected chi connectivity index (χ2v) is 9.89. The standard InChI is InChI=1S/C29H29N7S/c1-20(23(4)34-25-10-6-5-8-21(25)2)12-13-22(3)33-29-32-17-27(37-29)26-16-31-28-11-7-9-24(36(26)28)18-35-15-14-30-19-35/h5-17,19,34H,4,18H2,1-3H3,(H,32,33)/b20-12+,22-13+. The van der Waals surface area contributed by atoms with Crippen LogP contribution in [0.4, 0.5) is 10.8 Å². The summed E-state index contributed by atoms with van der Waals surface area (Å²) in [7, 11) is 0. The largest absolute Gasteiger partial charge is 0.356 e. The highest BCUT2D eigenvalue weighted by atomic mass is 32.1. The van der Waals surface area contributed by atoms with Gasteiger partial charge in [0.2, 0.25) is 0 Å². The third kappa shape index (κ3) is 5.54. The summed E-state index contributed by atoms with van der Waals surface area (Å²) >= 11 is 1.60. The molecule has 7 nitrogen and oxygen atoms in total. The Kier molecular flexibility index (Phi) is 7.00. The summed E-state index contributed by atoms with van der Waals surface area (Å²) in [5.74, 6) is 0. The average molecular weight is 508 g/mol. The van der Waals surface area contributed by atoms with Crippen LogP contribution < -0.4 is 10.6 Å². The molecule has 4 aromatic heterocycles. The Morgan fingerprint density at radius 1 is 1.03 bits per heavy atom. The molecular formula is C29H29N7S. The van der Waals surface area contributed by atoms with Gasteiger partial charge in [0.15, 0.2) is 5.13 Å². The molecule has 2 N–H and O–H groups in total. The van der Waals surface area contributed by atoms with Crippen molar-refractivity contribution in [2.45, 2.75) is 27.3 Å². The van der Waals surface area contributed by atoms with Crippen LogP contribution in [-0.2, 0) is 6.54 Å². The molecule has 0 atom stereocenters. The van der Waals surface area contributed by atoms with Crippen molar-refractivity contribution < 1.29 is 0 Å². The average Bonchev–Trinajstić information content (AvgIpc) is 3.65. The van der Waals surface area contributed by atoms with Crippen molar-refractivity contribution in [2.24, 2.45) is 0 Å². The minimum absolute atomic E-state index is 0.710. The number of aryl methyl sites for hydroxylation is 1. The van der Waals surface area contributed by atoms with Crippen LogP contribution in [0.3, 0.4) is 0 Å². The van der Waals surface area contributed by atoms with E-state index in [9.17, 15) is 0 Å². The fourth-order valence-electron chi connectivity index (χ4n) is 3.96. The topological polar surface area (TPSA) is 72.1 Å². The van der Waals surface area contributed by atoms with E-state index in [-0.39, 0.29) is 0 Å². The van der Waals surface area contributed by atoms with Crippen molar-refractivity contribution in [1.29, 1.82) is 0 Å². The number of para-hydroxylation sites is 1. The minimum atomic E-state index is 0.710. The van der Waals surface area contributed by atoms with Crippen LogP contribution in [0.15, 0.2) is 109 Å². The highest BCUT2D eigenvalue weighted by Crippen LogP contribution is 2.31. The van der Waals surface area contributed by atoms with Gasteiger partial charge in [-0.05, 0) is 56.2 Å². The van der Waals surface area contributed by atoms with Gasteiger partial charge in [0.05, 0.1) is 29.6 Å². The third-order valence-corrected chi connectivity index (χ3v) is 7.00. The van der Waals surface area contributed by atoms with Gasteiger partial charge in [0.25, 0.3) is 0 Å². The maximum Gasteiger partial charge on any atom is 0.187 e. The van der Waals surface area contributed by atoms with E-state index in [1.54, 1.807) is 17.5 Å². The number of benzene rings is 1. The zero-order chi connectivity index (χ0) is 25.8. The molecule has 8 heteroatoms. The molecule has 0 radical (unpaired) electrons. The zero-order valence-corrected chi connectivity index (χ0v) is 22.0. The molecule has 5 aromatic rings. The predicted octanol–water partition coefficient (Wildman–Crippen LogP) is 6.90. The number of aromatic nitrogens is 5. The van der Waals surface area contributed by atoms with Gasteiger partial charge < -0.3 is 15.2 Å². The third-order valence-electron chi connectivity index (χ3n) is 6.07. The molecule has 37 heavy (non-hydrogen) atoms. The number of pyridine rings is 1. The van der Waals surface area contributed by atoms with Gasteiger partial charge in [0.1, 0.15) is 5.65 Å². The van der Waals surface area contributed by atoms with E-state index in [2.05, 4.69) is 67.8 Å². The Morgan fingerprint density at radius 2 is 1.89 bits per heavy atom. The Hall–Kier alpha value is -4.43. The van der Waals surface area contributed by atoms with E-state index < -0.39 is 0 Å². The smallest absolute Gasteiger partial charge is 0.187 e. The fourth-order valence-corrected chi connectivity index (χ4v) is 4.84. The second kappa shape index (κ2) is 10.7. The highest BCUT2D eigenvalue weighted by Gasteiger charge is 2.13. The summed E-state index contributed by atoms with van der Waals surface area (Å²) in [6.45, 7) is 11.1. The number of hydrogen-bond acceptors (Lipinski definition) is 6. The lowest BCUT2D eigenvalue weighted by Crippen LogP contribution is -2.03. The number of thiazole rings is 1.